The van der Waals surface area contributed by atoms with Crippen LogP contribution < -0.4 is 14.8 Å². The van der Waals surface area contributed by atoms with Crippen molar-refractivity contribution in [3.8, 4) is 22.5 Å². The molecule has 0 unspecified atom stereocenters. The quantitative estimate of drug-likeness (QED) is 0.167. The van der Waals surface area contributed by atoms with Crippen LogP contribution in [0.2, 0.25) is 0 Å². The third-order valence-electron chi connectivity index (χ3n) is 6.84. The van der Waals surface area contributed by atoms with Gasteiger partial charge < -0.3 is 19.2 Å². The second-order valence-electron chi connectivity index (χ2n) is 9.78. The molecule has 0 bridgehead atoms. The van der Waals surface area contributed by atoms with Crippen LogP contribution in [0.3, 0.4) is 0 Å². The van der Waals surface area contributed by atoms with Crippen molar-refractivity contribution in [1.29, 1.82) is 0 Å². The first kappa shape index (κ1) is 26.4. The van der Waals surface area contributed by atoms with Crippen LogP contribution in [0.4, 0.5) is 5.69 Å². The lowest BCUT2D eigenvalue weighted by atomic mass is 9.90. The van der Waals surface area contributed by atoms with E-state index < -0.39 is 5.97 Å². The molecule has 0 saturated carbocycles. The highest BCUT2D eigenvalue weighted by molar-refractivity contribution is 6.07. The van der Waals surface area contributed by atoms with Crippen LogP contribution in [-0.2, 0) is 4.74 Å². The summed E-state index contributed by atoms with van der Waals surface area (Å²) in [7, 11) is 6.04. The monoisotopic (exact) mass is 501 g/mol. The first-order chi connectivity index (χ1) is 17.8. The molecular formula is C31H37N2O4+. The van der Waals surface area contributed by atoms with Gasteiger partial charge in [-0.1, -0.05) is 38.0 Å². The first-order valence-corrected chi connectivity index (χ1v) is 12.9. The van der Waals surface area contributed by atoms with E-state index in [0.29, 0.717) is 17.8 Å². The van der Waals surface area contributed by atoms with E-state index >= 15 is 0 Å². The van der Waals surface area contributed by atoms with Gasteiger partial charge in [0.25, 0.3) is 0 Å². The Labute approximate surface area is 218 Å². The van der Waals surface area contributed by atoms with Gasteiger partial charge in [0, 0.05) is 54.5 Å². The molecule has 6 nitrogen and oxygen atoms in total. The van der Waals surface area contributed by atoms with Crippen LogP contribution in [0.5, 0.6) is 0 Å². The molecule has 1 N–H and O–H groups in total. The zero-order valence-electron chi connectivity index (χ0n) is 22.5. The van der Waals surface area contributed by atoms with Gasteiger partial charge in [-0.05, 0) is 43.2 Å². The fraction of sp³-hybridized carbons (Fsp3) is 0.355. The number of unbranched alkanes of at least 4 members (excludes halogenated alkanes) is 2. The van der Waals surface area contributed by atoms with Crippen molar-refractivity contribution in [1.82, 2.24) is 4.58 Å². The predicted molar refractivity (Wildman–Crippen MR) is 151 cm³/mol. The molecule has 0 atom stereocenters. The Morgan fingerprint density at radius 2 is 1.81 bits per heavy atom. The lowest BCUT2D eigenvalue weighted by molar-refractivity contribution is 0.0697. The summed E-state index contributed by atoms with van der Waals surface area (Å²) in [6.45, 7) is 6.50. The molecule has 1 heterocycles. The number of hydrogen-bond acceptors (Lipinski definition) is 4. The highest BCUT2D eigenvalue weighted by Gasteiger charge is 2.23. The standard InChI is InChI=1S/C31H36N2O4/c1-6-7-10-16-36-17-15-33(5)27-20-29-26(18-21(27)2)30(23-11-8-9-12-24(23)31(34)35)25-14-13-22(32(3)4)19-28(25)37-29/h8-9,11-14,18-20H,6-7,10,15-17H2,1-5H3/p+1. The molecule has 0 radical (unpaired) electrons. The number of ether oxygens (including phenoxy) is 1. The second kappa shape index (κ2) is 11.6. The zero-order chi connectivity index (χ0) is 26.5. The van der Waals surface area contributed by atoms with E-state index in [-0.39, 0.29) is 5.56 Å². The SMILES string of the molecule is CCCCCOCC/[N+](C)=c1/cc2oc3cc(N(C)C)ccc3c(-c3ccccc3C(=O)O)c-2cc1C. The van der Waals surface area contributed by atoms with E-state index in [2.05, 4.69) is 37.6 Å². The van der Waals surface area contributed by atoms with E-state index in [1.807, 2.05) is 49.3 Å². The molecule has 1 aliphatic heterocycles. The van der Waals surface area contributed by atoms with Gasteiger partial charge in [-0.2, -0.15) is 0 Å². The smallest absolute Gasteiger partial charge is 0.336 e. The topological polar surface area (TPSA) is 65.9 Å². The van der Waals surface area contributed by atoms with Crippen molar-refractivity contribution < 1.29 is 19.1 Å². The Bertz CT molecular complexity index is 1450. The van der Waals surface area contributed by atoms with Crippen LogP contribution >= 0.6 is 0 Å². The maximum atomic E-state index is 12.2. The van der Waals surface area contributed by atoms with Crippen LogP contribution in [-0.4, -0.2) is 52.0 Å². The molecule has 0 fully saturated rings. The number of benzene rings is 3. The second-order valence-corrected chi connectivity index (χ2v) is 9.78. The highest BCUT2D eigenvalue weighted by Crippen LogP contribution is 2.42. The minimum atomic E-state index is -0.949. The molecule has 0 amide bonds. The molecule has 0 aromatic heterocycles. The van der Waals surface area contributed by atoms with Gasteiger partial charge in [-0.3, -0.25) is 0 Å². The van der Waals surface area contributed by atoms with Crippen LogP contribution in [0.1, 0.15) is 42.1 Å². The Balaban J connectivity index is 1.91. The van der Waals surface area contributed by atoms with Gasteiger partial charge >= 0.3 is 5.97 Å². The number of hydrogen-bond donors (Lipinski definition) is 1. The summed E-state index contributed by atoms with van der Waals surface area (Å²) in [4.78, 5) is 14.2. The van der Waals surface area contributed by atoms with Gasteiger partial charge in [0.05, 0.1) is 11.6 Å². The number of anilines is 1. The maximum absolute atomic E-state index is 12.2. The van der Waals surface area contributed by atoms with Crippen molar-refractivity contribution in [3.63, 3.8) is 0 Å². The summed E-state index contributed by atoms with van der Waals surface area (Å²) in [6.07, 6.45) is 3.47. The van der Waals surface area contributed by atoms with E-state index in [1.165, 1.54) is 12.8 Å². The minimum absolute atomic E-state index is 0.270. The Kier molecular flexibility index (Phi) is 8.29. The summed E-state index contributed by atoms with van der Waals surface area (Å²) in [5.41, 5.74) is 5.53. The minimum Gasteiger partial charge on any atom is -0.478 e. The number of aromatic carboxylic acids is 1. The molecule has 6 heteroatoms. The van der Waals surface area contributed by atoms with Crippen molar-refractivity contribution in [2.45, 2.75) is 33.1 Å². The number of aryl methyl sites for hydroxylation is 1. The lowest BCUT2D eigenvalue weighted by Crippen LogP contribution is -2.31. The summed E-state index contributed by atoms with van der Waals surface area (Å²) >= 11 is 0. The normalized spacial score (nSPS) is 12.2. The largest absolute Gasteiger partial charge is 0.478 e. The number of nitrogens with zero attached hydrogens (tertiary/aromatic N) is 2. The van der Waals surface area contributed by atoms with Crippen LogP contribution in [0, 0.1) is 6.92 Å². The number of carbonyl (C=O) groups is 1. The molecule has 2 aliphatic rings. The summed E-state index contributed by atoms with van der Waals surface area (Å²) in [6, 6.07) is 17.4. The Morgan fingerprint density at radius 3 is 2.54 bits per heavy atom. The number of rotatable bonds is 10. The average Bonchev–Trinajstić information content (AvgIpc) is 2.88. The highest BCUT2D eigenvalue weighted by atomic mass is 16.5. The fourth-order valence-corrected chi connectivity index (χ4v) is 4.77. The third kappa shape index (κ3) is 5.70. The van der Waals surface area contributed by atoms with Gasteiger partial charge in [0.15, 0.2) is 6.54 Å². The Morgan fingerprint density at radius 1 is 1.03 bits per heavy atom. The van der Waals surface area contributed by atoms with Crippen molar-refractivity contribution in [3.05, 3.63) is 71.1 Å². The molecule has 0 spiro atoms. The van der Waals surface area contributed by atoms with Gasteiger partial charge in [0.2, 0.25) is 5.36 Å². The molecule has 1 aliphatic carbocycles. The van der Waals surface area contributed by atoms with E-state index in [0.717, 1.165) is 58.5 Å². The summed E-state index contributed by atoms with van der Waals surface area (Å²) in [5.74, 6) is -0.232. The van der Waals surface area contributed by atoms with Crippen molar-refractivity contribution in [2.75, 3.05) is 45.8 Å². The zero-order valence-corrected chi connectivity index (χ0v) is 22.5. The summed E-state index contributed by atoms with van der Waals surface area (Å²) in [5, 5.41) is 11.9. The molecule has 2 aromatic carbocycles. The van der Waals surface area contributed by atoms with Crippen molar-refractivity contribution >= 4 is 22.6 Å². The van der Waals surface area contributed by atoms with Crippen LogP contribution in [0.15, 0.2) is 59.0 Å². The molecule has 37 heavy (non-hydrogen) atoms. The van der Waals surface area contributed by atoms with Gasteiger partial charge in [-0.15, -0.1) is 0 Å². The number of fused-ring (bicyclic) bond motifs is 2. The van der Waals surface area contributed by atoms with Gasteiger partial charge in [0.1, 0.15) is 25.0 Å². The maximum Gasteiger partial charge on any atom is 0.336 e. The number of likely N-dealkylation sites (N-methyl/N-ethyl adjacent to an activating group) is 1. The van der Waals surface area contributed by atoms with E-state index in [9.17, 15) is 9.90 Å². The summed E-state index contributed by atoms with van der Waals surface area (Å²) < 4.78 is 14.5. The third-order valence-corrected chi connectivity index (χ3v) is 6.84. The molecule has 4 rings (SSSR count). The predicted octanol–water partition coefficient (Wildman–Crippen LogP) is 5.89. The van der Waals surface area contributed by atoms with E-state index in [4.69, 9.17) is 9.15 Å². The Hall–Kier alpha value is -3.64. The molecule has 194 valence electrons. The number of carboxylic acids is 1. The molecule has 2 aromatic rings. The van der Waals surface area contributed by atoms with Crippen molar-refractivity contribution in [2.24, 2.45) is 0 Å². The van der Waals surface area contributed by atoms with E-state index in [1.54, 1.807) is 12.1 Å². The molecular weight excluding hydrogens is 464 g/mol. The first-order valence-electron chi connectivity index (χ1n) is 12.9. The van der Waals surface area contributed by atoms with Crippen LogP contribution in [0.25, 0.3) is 33.4 Å². The lowest BCUT2D eigenvalue weighted by Gasteiger charge is -2.19. The average molecular weight is 502 g/mol. The van der Waals surface area contributed by atoms with Gasteiger partial charge in [-0.25, -0.2) is 9.37 Å². The number of carboxylic acid groups (broad SMARTS) is 1. The molecule has 0 saturated heterocycles. The fourth-order valence-electron chi connectivity index (χ4n) is 4.77.